The zero-order valence-corrected chi connectivity index (χ0v) is 10.5. The van der Waals surface area contributed by atoms with Crippen molar-refractivity contribution in [2.45, 2.75) is 34.6 Å². The Labute approximate surface area is 93.3 Å². The lowest BCUT2D eigenvalue weighted by Crippen LogP contribution is -2.06. The lowest BCUT2D eigenvalue weighted by molar-refractivity contribution is -0.115. The molecular weight excluding hydrogens is 188 g/mol. The van der Waals surface area contributed by atoms with Crippen molar-refractivity contribution in [2.75, 3.05) is 6.61 Å². The Bertz CT molecular complexity index is 247. The summed E-state index contributed by atoms with van der Waals surface area (Å²) in [6.45, 7) is 13.5. The number of hydrogen-bond acceptors (Lipinski definition) is 2. The standard InChI is InChI=1S/C11H16O2.C2H6/c1-5-7-8-9(3)11(12)10(4)13-6-2;1-2/h5,7-8H,4,6H2,1-3H3;1-2H3/b7-5-,9-8+;. The molecule has 0 amide bonds. The van der Waals surface area contributed by atoms with Crippen molar-refractivity contribution in [3.05, 3.63) is 36.1 Å². The molecule has 2 nitrogen and oxygen atoms in total. The minimum Gasteiger partial charge on any atom is -0.490 e. The summed E-state index contributed by atoms with van der Waals surface area (Å²) in [6.07, 6.45) is 5.42. The third-order valence-corrected chi connectivity index (χ3v) is 1.47. The molecule has 0 unspecified atom stereocenters. The molecule has 0 saturated heterocycles. The van der Waals surface area contributed by atoms with Crippen molar-refractivity contribution in [3.8, 4) is 0 Å². The molecule has 0 aliphatic carbocycles. The van der Waals surface area contributed by atoms with Crippen LogP contribution in [-0.2, 0) is 9.53 Å². The maximum atomic E-state index is 11.4. The van der Waals surface area contributed by atoms with Crippen LogP contribution in [0.3, 0.4) is 0 Å². The number of rotatable bonds is 5. The number of carbonyl (C=O) groups excluding carboxylic acids is 1. The molecule has 0 fully saturated rings. The molecule has 0 aliphatic rings. The van der Waals surface area contributed by atoms with Gasteiger partial charge < -0.3 is 4.74 Å². The van der Waals surface area contributed by atoms with Crippen molar-refractivity contribution in [3.63, 3.8) is 0 Å². The van der Waals surface area contributed by atoms with E-state index in [2.05, 4.69) is 6.58 Å². The van der Waals surface area contributed by atoms with Gasteiger partial charge in [-0.15, -0.1) is 0 Å². The Kier molecular flexibility index (Phi) is 11.6. The van der Waals surface area contributed by atoms with E-state index < -0.39 is 0 Å². The summed E-state index contributed by atoms with van der Waals surface area (Å²) in [5.74, 6) is 0.0701. The van der Waals surface area contributed by atoms with Crippen LogP contribution >= 0.6 is 0 Å². The van der Waals surface area contributed by atoms with Crippen molar-refractivity contribution < 1.29 is 9.53 Å². The minimum atomic E-state index is -0.139. The third kappa shape index (κ3) is 7.74. The summed E-state index contributed by atoms with van der Waals surface area (Å²) in [6, 6.07) is 0. The first-order chi connectivity index (χ1) is 7.13. The lowest BCUT2D eigenvalue weighted by Gasteiger charge is -2.04. The van der Waals surface area contributed by atoms with E-state index in [1.165, 1.54) is 0 Å². The molecular formula is C13H22O2. The van der Waals surface area contributed by atoms with Gasteiger partial charge in [0.15, 0.2) is 5.76 Å². The summed E-state index contributed by atoms with van der Waals surface area (Å²) in [5.41, 5.74) is 0.636. The molecule has 0 rings (SSSR count). The normalized spacial score (nSPS) is 10.6. The van der Waals surface area contributed by atoms with Gasteiger partial charge in [-0.2, -0.15) is 0 Å². The highest BCUT2D eigenvalue weighted by Crippen LogP contribution is 2.05. The van der Waals surface area contributed by atoms with Crippen molar-refractivity contribution in [1.29, 1.82) is 0 Å². The maximum absolute atomic E-state index is 11.4. The Morgan fingerprint density at radius 1 is 1.40 bits per heavy atom. The highest BCUT2D eigenvalue weighted by atomic mass is 16.5. The zero-order chi connectivity index (χ0) is 12.3. The van der Waals surface area contributed by atoms with E-state index in [4.69, 9.17) is 4.74 Å². The van der Waals surface area contributed by atoms with Crippen LogP contribution in [0.1, 0.15) is 34.6 Å². The molecule has 0 atom stereocenters. The molecule has 0 aromatic heterocycles. The second-order valence-corrected chi connectivity index (χ2v) is 2.56. The minimum absolute atomic E-state index is 0.139. The molecule has 86 valence electrons. The number of carbonyl (C=O) groups is 1. The van der Waals surface area contributed by atoms with E-state index in [9.17, 15) is 4.79 Å². The van der Waals surface area contributed by atoms with Crippen LogP contribution in [0.25, 0.3) is 0 Å². The number of ketones is 1. The van der Waals surface area contributed by atoms with Gasteiger partial charge in [0.05, 0.1) is 6.61 Å². The molecule has 0 spiro atoms. The average Bonchev–Trinajstić information content (AvgIpc) is 2.27. The summed E-state index contributed by atoms with van der Waals surface area (Å²) in [5, 5.41) is 0. The van der Waals surface area contributed by atoms with Gasteiger partial charge in [0.25, 0.3) is 0 Å². The van der Waals surface area contributed by atoms with Crippen LogP contribution in [-0.4, -0.2) is 12.4 Å². The SMILES string of the molecule is C=C(OCC)C(=O)/C(C)=C/C=C\C.CC. The van der Waals surface area contributed by atoms with E-state index in [-0.39, 0.29) is 11.5 Å². The van der Waals surface area contributed by atoms with E-state index in [0.29, 0.717) is 12.2 Å². The van der Waals surface area contributed by atoms with E-state index >= 15 is 0 Å². The molecule has 0 N–H and O–H groups in total. The van der Waals surface area contributed by atoms with Gasteiger partial charge in [0.2, 0.25) is 5.78 Å². The summed E-state index contributed by atoms with van der Waals surface area (Å²) in [7, 11) is 0. The first kappa shape index (κ1) is 16.1. The smallest absolute Gasteiger partial charge is 0.222 e. The van der Waals surface area contributed by atoms with Gasteiger partial charge in [-0.25, -0.2) is 0 Å². The third-order valence-electron chi connectivity index (χ3n) is 1.47. The largest absolute Gasteiger partial charge is 0.490 e. The topological polar surface area (TPSA) is 26.3 Å². The highest BCUT2D eigenvalue weighted by molar-refractivity contribution is 6.06. The molecule has 0 heterocycles. The van der Waals surface area contributed by atoms with Crippen LogP contribution in [0, 0.1) is 0 Å². The second-order valence-electron chi connectivity index (χ2n) is 2.56. The Balaban J connectivity index is 0. The van der Waals surface area contributed by atoms with Crippen LogP contribution in [0.4, 0.5) is 0 Å². The van der Waals surface area contributed by atoms with Crippen molar-refractivity contribution in [2.24, 2.45) is 0 Å². The fraction of sp³-hybridized carbons (Fsp3) is 0.462. The van der Waals surface area contributed by atoms with Gasteiger partial charge in [-0.1, -0.05) is 38.7 Å². The highest BCUT2D eigenvalue weighted by Gasteiger charge is 2.08. The van der Waals surface area contributed by atoms with Gasteiger partial charge in [0.1, 0.15) is 0 Å². The van der Waals surface area contributed by atoms with Gasteiger partial charge in [0, 0.05) is 5.57 Å². The second kappa shape index (κ2) is 10.8. The quantitative estimate of drug-likeness (QED) is 0.393. The predicted octanol–water partition coefficient (Wildman–Crippen LogP) is 3.65. The monoisotopic (exact) mass is 210 g/mol. The lowest BCUT2D eigenvalue weighted by atomic mass is 10.1. The Morgan fingerprint density at radius 3 is 2.33 bits per heavy atom. The molecule has 0 bridgehead atoms. The Hall–Kier alpha value is -1.31. The first-order valence-electron chi connectivity index (χ1n) is 5.29. The summed E-state index contributed by atoms with van der Waals surface area (Å²) < 4.78 is 5.00. The summed E-state index contributed by atoms with van der Waals surface area (Å²) in [4.78, 5) is 11.4. The van der Waals surface area contributed by atoms with E-state index in [1.807, 2.05) is 39.8 Å². The molecule has 2 heteroatoms. The number of allylic oxidation sites excluding steroid dienone is 4. The van der Waals surface area contributed by atoms with Gasteiger partial charge >= 0.3 is 0 Å². The van der Waals surface area contributed by atoms with Gasteiger partial charge in [-0.3, -0.25) is 4.79 Å². The number of Topliss-reactive ketones (excluding diaryl/α,β-unsaturated/α-hetero) is 1. The van der Waals surface area contributed by atoms with E-state index in [0.717, 1.165) is 0 Å². The van der Waals surface area contributed by atoms with Crippen LogP contribution in [0.15, 0.2) is 36.1 Å². The van der Waals surface area contributed by atoms with Crippen molar-refractivity contribution >= 4 is 5.78 Å². The van der Waals surface area contributed by atoms with E-state index in [1.54, 1.807) is 13.0 Å². The molecule has 0 aliphatic heterocycles. The molecule has 0 saturated carbocycles. The number of ether oxygens (including phenoxy) is 1. The van der Waals surface area contributed by atoms with Crippen LogP contribution < -0.4 is 0 Å². The fourth-order valence-corrected chi connectivity index (χ4v) is 0.776. The molecule has 0 radical (unpaired) electrons. The molecule has 15 heavy (non-hydrogen) atoms. The zero-order valence-electron chi connectivity index (χ0n) is 10.5. The number of hydrogen-bond donors (Lipinski definition) is 0. The Morgan fingerprint density at radius 2 is 1.93 bits per heavy atom. The van der Waals surface area contributed by atoms with Crippen LogP contribution in [0.5, 0.6) is 0 Å². The maximum Gasteiger partial charge on any atom is 0.222 e. The fourth-order valence-electron chi connectivity index (χ4n) is 0.776. The van der Waals surface area contributed by atoms with Crippen molar-refractivity contribution in [1.82, 2.24) is 0 Å². The molecule has 0 aromatic rings. The molecule has 0 aromatic carbocycles. The predicted molar refractivity (Wildman–Crippen MR) is 65.7 cm³/mol. The average molecular weight is 210 g/mol. The first-order valence-corrected chi connectivity index (χ1v) is 5.29. The van der Waals surface area contributed by atoms with Gasteiger partial charge in [-0.05, 0) is 20.8 Å². The van der Waals surface area contributed by atoms with Crippen LogP contribution in [0.2, 0.25) is 0 Å². The summed E-state index contributed by atoms with van der Waals surface area (Å²) >= 11 is 0.